The number of para-hydroxylation sites is 1. The van der Waals surface area contributed by atoms with Crippen molar-refractivity contribution in [2.24, 2.45) is 0 Å². The lowest BCUT2D eigenvalue weighted by Gasteiger charge is -2.35. The Morgan fingerprint density at radius 1 is 0.906 bits per heavy atom. The Bertz CT molecular complexity index is 1140. The minimum absolute atomic E-state index is 0.845. The minimum Gasteiger partial charge on any atom is -0.497 e. The monoisotopic (exact) mass is 426 g/mol. The third kappa shape index (κ3) is 4.33. The van der Waals surface area contributed by atoms with Crippen LogP contribution in [0.15, 0.2) is 79.4 Å². The van der Waals surface area contributed by atoms with Crippen LogP contribution in [0, 0.1) is 0 Å². The van der Waals surface area contributed by atoms with E-state index in [2.05, 4.69) is 50.2 Å². The molecule has 1 fully saturated rings. The second-order valence-corrected chi connectivity index (χ2v) is 7.84. The van der Waals surface area contributed by atoms with E-state index in [1.165, 1.54) is 5.56 Å². The number of aromatic nitrogens is 4. The molecule has 0 unspecified atom stereocenters. The summed E-state index contributed by atoms with van der Waals surface area (Å²) in [4.78, 5) is 13.4. The van der Waals surface area contributed by atoms with Gasteiger partial charge in [-0.25, -0.2) is 9.67 Å². The van der Waals surface area contributed by atoms with E-state index < -0.39 is 0 Å². The molecule has 7 nitrogen and oxygen atoms in total. The number of ether oxygens (including phenoxy) is 1. The van der Waals surface area contributed by atoms with Crippen molar-refractivity contribution in [3.05, 3.63) is 84.9 Å². The fourth-order valence-corrected chi connectivity index (χ4v) is 4.06. The Balaban J connectivity index is 1.38. The molecule has 1 saturated heterocycles. The second kappa shape index (κ2) is 9.20. The number of nitrogens with zero attached hydrogens (tertiary/aromatic N) is 6. The number of hydrogen-bond donors (Lipinski definition) is 0. The zero-order chi connectivity index (χ0) is 21.8. The zero-order valence-electron chi connectivity index (χ0n) is 18.1. The summed E-state index contributed by atoms with van der Waals surface area (Å²) in [5, 5.41) is 4.95. The summed E-state index contributed by atoms with van der Waals surface area (Å²) in [5.41, 5.74) is 4.37. The summed E-state index contributed by atoms with van der Waals surface area (Å²) in [6.07, 6.45) is 7.46. The van der Waals surface area contributed by atoms with Crippen molar-refractivity contribution in [1.82, 2.24) is 24.6 Å². The maximum absolute atomic E-state index is 5.33. The van der Waals surface area contributed by atoms with Crippen LogP contribution >= 0.6 is 0 Å². The van der Waals surface area contributed by atoms with E-state index in [0.717, 1.165) is 61.2 Å². The van der Waals surface area contributed by atoms with Gasteiger partial charge in [-0.2, -0.15) is 5.10 Å². The van der Waals surface area contributed by atoms with Gasteiger partial charge in [0.15, 0.2) is 0 Å². The molecule has 3 heterocycles. The molecule has 0 amide bonds. The van der Waals surface area contributed by atoms with Gasteiger partial charge >= 0.3 is 0 Å². The molecule has 0 aliphatic carbocycles. The quantitative estimate of drug-likeness (QED) is 0.469. The predicted octanol–water partition coefficient (Wildman–Crippen LogP) is 3.66. The van der Waals surface area contributed by atoms with E-state index >= 15 is 0 Å². The smallest absolute Gasteiger partial charge is 0.147 e. The van der Waals surface area contributed by atoms with Crippen molar-refractivity contribution in [2.45, 2.75) is 6.54 Å². The molecule has 0 radical (unpaired) electrons. The average Bonchev–Trinajstić information content (AvgIpc) is 3.29. The number of piperazine rings is 1. The van der Waals surface area contributed by atoms with Gasteiger partial charge in [-0.15, -0.1) is 0 Å². The summed E-state index contributed by atoms with van der Waals surface area (Å²) < 4.78 is 7.31. The standard InChI is InChI=1S/C25H26N6O/c1-32-23-9-7-20(8-10-23)25-21(19-31(28-25)22-5-3-2-4-6-22)18-29-13-15-30(16-14-29)24-17-26-11-12-27-24/h2-12,17,19H,13-16,18H2,1H3. The van der Waals surface area contributed by atoms with Crippen LogP contribution < -0.4 is 9.64 Å². The van der Waals surface area contributed by atoms with Gasteiger partial charge in [0.1, 0.15) is 11.6 Å². The van der Waals surface area contributed by atoms with Crippen LogP contribution in [0.2, 0.25) is 0 Å². The van der Waals surface area contributed by atoms with Crippen molar-refractivity contribution in [1.29, 1.82) is 0 Å². The van der Waals surface area contributed by atoms with Crippen molar-refractivity contribution >= 4 is 5.82 Å². The summed E-state index contributed by atoms with van der Waals surface area (Å²) in [5.74, 6) is 1.79. The van der Waals surface area contributed by atoms with Crippen LogP contribution in [0.5, 0.6) is 5.75 Å². The highest BCUT2D eigenvalue weighted by atomic mass is 16.5. The Morgan fingerprint density at radius 3 is 2.38 bits per heavy atom. The number of anilines is 1. The lowest BCUT2D eigenvalue weighted by molar-refractivity contribution is 0.249. The molecule has 32 heavy (non-hydrogen) atoms. The Hall–Kier alpha value is -3.71. The van der Waals surface area contributed by atoms with Gasteiger partial charge in [-0.3, -0.25) is 9.88 Å². The Labute approximate surface area is 187 Å². The molecule has 7 heteroatoms. The molecule has 5 rings (SSSR count). The first-order valence-electron chi connectivity index (χ1n) is 10.8. The molecule has 0 N–H and O–H groups in total. The number of hydrogen-bond acceptors (Lipinski definition) is 6. The van der Waals surface area contributed by atoms with Gasteiger partial charge in [0.2, 0.25) is 0 Å². The van der Waals surface area contributed by atoms with Gasteiger partial charge in [0, 0.05) is 62.4 Å². The fraction of sp³-hybridized carbons (Fsp3) is 0.240. The highest BCUT2D eigenvalue weighted by Crippen LogP contribution is 2.27. The Kier molecular flexibility index (Phi) is 5.81. The van der Waals surface area contributed by atoms with Crippen LogP contribution in [-0.2, 0) is 6.54 Å². The summed E-state index contributed by atoms with van der Waals surface area (Å²) >= 11 is 0. The topological polar surface area (TPSA) is 59.3 Å². The summed E-state index contributed by atoms with van der Waals surface area (Å²) in [6, 6.07) is 18.4. The molecular weight excluding hydrogens is 400 g/mol. The number of methoxy groups -OCH3 is 1. The lowest BCUT2D eigenvalue weighted by atomic mass is 10.1. The zero-order valence-corrected chi connectivity index (χ0v) is 18.1. The normalized spacial score (nSPS) is 14.5. The van der Waals surface area contributed by atoms with Gasteiger partial charge in [-0.05, 0) is 36.4 Å². The maximum Gasteiger partial charge on any atom is 0.147 e. The van der Waals surface area contributed by atoms with Crippen LogP contribution in [0.1, 0.15) is 5.56 Å². The molecule has 162 valence electrons. The molecule has 0 saturated carbocycles. The first-order chi connectivity index (χ1) is 15.8. The van der Waals surface area contributed by atoms with Crippen molar-refractivity contribution in [3.63, 3.8) is 0 Å². The summed E-state index contributed by atoms with van der Waals surface area (Å²) in [7, 11) is 1.69. The highest BCUT2D eigenvalue weighted by molar-refractivity contribution is 5.64. The molecule has 2 aromatic carbocycles. The minimum atomic E-state index is 0.845. The lowest BCUT2D eigenvalue weighted by Crippen LogP contribution is -2.46. The predicted molar refractivity (Wildman–Crippen MR) is 125 cm³/mol. The van der Waals surface area contributed by atoms with E-state index in [9.17, 15) is 0 Å². The van der Waals surface area contributed by atoms with E-state index in [0.29, 0.717) is 0 Å². The highest BCUT2D eigenvalue weighted by Gasteiger charge is 2.21. The molecule has 0 spiro atoms. The molecule has 4 aromatic rings. The molecule has 2 aromatic heterocycles. The first-order valence-corrected chi connectivity index (χ1v) is 10.8. The van der Waals surface area contributed by atoms with Gasteiger partial charge in [-0.1, -0.05) is 18.2 Å². The largest absolute Gasteiger partial charge is 0.497 e. The Morgan fingerprint density at radius 2 is 1.69 bits per heavy atom. The van der Waals surface area contributed by atoms with Crippen LogP contribution in [0.3, 0.4) is 0 Å². The van der Waals surface area contributed by atoms with Crippen LogP contribution in [0.4, 0.5) is 5.82 Å². The van der Waals surface area contributed by atoms with Crippen LogP contribution in [-0.4, -0.2) is 57.9 Å². The number of benzene rings is 2. The molecule has 0 bridgehead atoms. The second-order valence-electron chi connectivity index (χ2n) is 7.84. The van der Waals surface area contributed by atoms with Gasteiger partial charge in [0.25, 0.3) is 0 Å². The molecule has 0 atom stereocenters. The molecular formula is C25H26N6O. The van der Waals surface area contributed by atoms with Crippen molar-refractivity contribution in [3.8, 4) is 22.7 Å². The van der Waals surface area contributed by atoms with Gasteiger partial charge < -0.3 is 9.64 Å². The van der Waals surface area contributed by atoms with Crippen molar-refractivity contribution in [2.75, 3.05) is 38.2 Å². The summed E-state index contributed by atoms with van der Waals surface area (Å²) in [6.45, 7) is 4.65. The third-order valence-electron chi connectivity index (χ3n) is 5.81. The van der Waals surface area contributed by atoms with E-state index in [4.69, 9.17) is 9.84 Å². The van der Waals surface area contributed by atoms with E-state index in [1.54, 1.807) is 19.5 Å². The maximum atomic E-state index is 5.33. The first kappa shape index (κ1) is 20.2. The number of rotatable bonds is 6. The van der Waals surface area contributed by atoms with Gasteiger partial charge in [0.05, 0.1) is 24.7 Å². The average molecular weight is 427 g/mol. The van der Waals surface area contributed by atoms with E-state index in [1.807, 2.05) is 41.2 Å². The molecule has 1 aliphatic heterocycles. The van der Waals surface area contributed by atoms with Crippen LogP contribution in [0.25, 0.3) is 16.9 Å². The third-order valence-corrected chi connectivity index (χ3v) is 5.81. The fourth-order valence-electron chi connectivity index (χ4n) is 4.06. The molecule has 1 aliphatic rings. The van der Waals surface area contributed by atoms with Crippen molar-refractivity contribution < 1.29 is 4.74 Å². The SMILES string of the molecule is COc1ccc(-c2nn(-c3ccccc3)cc2CN2CCN(c3cnccn3)CC2)cc1. The van der Waals surface area contributed by atoms with E-state index in [-0.39, 0.29) is 0 Å².